The molecule has 0 saturated heterocycles. The molecule has 1 heterocycles. The van der Waals surface area contributed by atoms with E-state index in [1.165, 1.54) is 12.8 Å². The van der Waals surface area contributed by atoms with Gasteiger partial charge in [0.2, 0.25) is 0 Å². The zero-order chi connectivity index (χ0) is 13.8. The van der Waals surface area contributed by atoms with Crippen molar-refractivity contribution < 1.29 is 4.79 Å². The molecule has 19 heavy (non-hydrogen) atoms. The summed E-state index contributed by atoms with van der Waals surface area (Å²) in [7, 11) is 0. The van der Waals surface area contributed by atoms with Gasteiger partial charge in [0.1, 0.15) is 10.7 Å². The Morgan fingerprint density at radius 1 is 1.47 bits per heavy atom. The maximum atomic E-state index is 12.1. The number of carbonyl (C=O) groups excluding carboxylic acids is 1. The lowest BCUT2D eigenvalue weighted by Crippen LogP contribution is -2.38. The highest BCUT2D eigenvalue weighted by Crippen LogP contribution is 2.23. The van der Waals surface area contributed by atoms with Crippen LogP contribution in [-0.4, -0.2) is 21.9 Å². The highest BCUT2D eigenvalue weighted by atomic mass is 32.1. The Morgan fingerprint density at radius 3 is 2.84 bits per heavy atom. The van der Waals surface area contributed by atoms with Gasteiger partial charge in [-0.1, -0.05) is 32.0 Å². The molecule has 0 spiro atoms. The minimum absolute atomic E-state index is 0.117. The molecule has 0 bridgehead atoms. The minimum Gasteiger partial charge on any atom is -0.389 e. The third-order valence-corrected chi connectivity index (χ3v) is 3.79. The zero-order valence-corrected chi connectivity index (χ0v) is 11.9. The monoisotopic (exact) mass is 277 g/mol. The van der Waals surface area contributed by atoms with Crippen LogP contribution in [0.25, 0.3) is 0 Å². The van der Waals surface area contributed by atoms with Crippen LogP contribution in [0, 0.1) is 5.92 Å². The van der Waals surface area contributed by atoms with Crippen molar-refractivity contribution in [3.8, 4) is 0 Å². The Labute approximate surface area is 118 Å². The summed E-state index contributed by atoms with van der Waals surface area (Å²) in [5, 5.41) is 3.05. The number of nitrogens with two attached hydrogens (primary N) is 1. The fraction of sp³-hybridized carbons (Fsp3) is 0.500. The first kappa shape index (κ1) is 13.9. The van der Waals surface area contributed by atoms with Crippen LogP contribution in [0.15, 0.2) is 18.3 Å². The van der Waals surface area contributed by atoms with Crippen LogP contribution in [0.5, 0.6) is 0 Å². The van der Waals surface area contributed by atoms with Crippen molar-refractivity contribution in [1.82, 2.24) is 10.3 Å². The molecule has 1 amide bonds. The highest BCUT2D eigenvalue weighted by molar-refractivity contribution is 7.80. The van der Waals surface area contributed by atoms with Crippen molar-refractivity contribution in [3.63, 3.8) is 0 Å². The second kappa shape index (κ2) is 6.10. The van der Waals surface area contributed by atoms with Gasteiger partial charge in [-0.15, -0.1) is 0 Å². The number of rotatable bonds is 3. The first-order valence-electron chi connectivity index (χ1n) is 6.63. The fourth-order valence-corrected chi connectivity index (χ4v) is 2.62. The molecule has 102 valence electrons. The molecule has 2 rings (SSSR count). The molecule has 1 aromatic rings. The molecule has 3 N–H and O–H groups in total. The summed E-state index contributed by atoms with van der Waals surface area (Å²) < 4.78 is 0. The van der Waals surface area contributed by atoms with E-state index in [9.17, 15) is 4.79 Å². The number of hydrogen-bond donors (Lipinski definition) is 2. The molecule has 4 nitrogen and oxygen atoms in total. The summed E-state index contributed by atoms with van der Waals surface area (Å²) >= 11 is 4.85. The number of amides is 1. The van der Waals surface area contributed by atoms with E-state index in [0.29, 0.717) is 22.2 Å². The van der Waals surface area contributed by atoms with Gasteiger partial charge in [-0.25, -0.2) is 0 Å². The average molecular weight is 277 g/mol. The van der Waals surface area contributed by atoms with Crippen LogP contribution in [0.2, 0.25) is 0 Å². The summed E-state index contributed by atoms with van der Waals surface area (Å²) in [5.74, 6) is 0.567. The number of aromatic nitrogens is 1. The van der Waals surface area contributed by atoms with Crippen LogP contribution >= 0.6 is 12.2 Å². The molecule has 5 heteroatoms. The number of nitrogens with zero attached hydrogens (tertiary/aromatic N) is 1. The number of pyridine rings is 1. The molecule has 0 aliphatic heterocycles. The normalized spacial score (nSPS) is 22.8. The van der Waals surface area contributed by atoms with E-state index < -0.39 is 0 Å². The van der Waals surface area contributed by atoms with E-state index in [-0.39, 0.29) is 11.9 Å². The van der Waals surface area contributed by atoms with Crippen LogP contribution < -0.4 is 11.1 Å². The summed E-state index contributed by atoms with van der Waals surface area (Å²) in [5.41, 5.74) is 6.59. The van der Waals surface area contributed by atoms with Crippen LogP contribution in [0.1, 0.15) is 48.7 Å². The van der Waals surface area contributed by atoms with E-state index >= 15 is 0 Å². The molecule has 2 unspecified atom stereocenters. The molecule has 2 atom stereocenters. The second-order valence-electron chi connectivity index (χ2n) is 5.24. The maximum Gasteiger partial charge on any atom is 0.270 e. The molecule has 1 aromatic heterocycles. The number of nitrogens with one attached hydrogen (secondary N) is 1. The van der Waals surface area contributed by atoms with Crippen molar-refractivity contribution in [2.45, 2.75) is 38.6 Å². The Balaban J connectivity index is 1.97. The predicted octanol–water partition coefficient (Wildman–Crippen LogP) is 2.02. The Hall–Kier alpha value is -1.49. The Morgan fingerprint density at radius 2 is 2.26 bits per heavy atom. The lowest BCUT2D eigenvalue weighted by molar-refractivity contribution is 0.0916. The van der Waals surface area contributed by atoms with E-state index in [0.717, 1.165) is 12.8 Å². The van der Waals surface area contributed by atoms with Gasteiger partial charge < -0.3 is 11.1 Å². The largest absolute Gasteiger partial charge is 0.389 e. The summed E-state index contributed by atoms with van der Waals surface area (Å²) in [4.78, 5) is 16.5. The number of thiocarbonyl (C=S) groups is 1. The first-order chi connectivity index (χ1) is 9.06. The van der Waals surface area contributed by atoms with Gasteiger partial charge in [0.05, 0.1) is 0 Å². The smallest absolute Gasteiger partial charge is 0.270 e. The first-order valence-corrected chi connectivity index (χ1v) is 7.04. The van der Waals surface area contributed by atoms with Crippen molar-refractivity contribution in [1.29, 1.82) is 0 Å². The van der Waals surface area contributed by atoms with Gasteiger partial charge in [-0.3, -0.25) is 9.78 Å². The zero-order valence-electron chi connectivity index (χ0n) is 11.1. The molecule has 0 aromatic carbocycles. The molecule has 1 fully saturated rings. The average Bonchev–Trinajstić information content (AvgIpc) is 2.39. The van der Waals surface area contributed by atoms with Crippen LogP contribution in [0.4, 0.5) is 0 Å². The second-order valence-corrected chi connectivity index (χ2v) is 5.68. The molecule has 1 saturated carbocycles. The maximum absolute atomic E-state index is 12.1. The summed E-state index contributed by atoms with van der Waals surface area (Å²) in [6.45, 7) is 2.23. The van der Waals surface area contributed by atoms with E-state index in [4.69, 9.17) is 18.0 Å². The van der Waals surface area contributed by atoms with Crippen LogP contribution in [0.3, 0.4) is 0 Å². The number of hydrogen-bond acceptors (Lipinski definition) is 3. The van der Waals surface area contributed by atoms with Crippen molar-refractivity contribution in [2.75, 3.05) is 0 Å². The molecule has 1 aliphatic rings. The summed E-state index contributed by atoms with van der Waals surface area (Å²) in [6, 6.07) is 3.66. The third kappa shape index (κ3) is 3.73. The Kier molecular flexibility index (Phi) is 4.47. The van der Waals surface area contributed by atoms with Crippen LogP contribution in [-0.2, 0) is 0 Å². The van der Waals surface area contributed by atoms with Gasteiger partial charge in [0, 0.05) is 17.8 Å². The predicted molar refractivity (Wildman–Crippen MR) is 79.0 cm³/mol. The lowest BCUT2D eigenvalue weighted by atomic mass is 9.87. The minimum atomic E-state index is -0.117. The standard InChI is InChI=1S/C14H19N3OS/c1-9-3-2-4-11(7-9)17-14(18)12-6-5-10(8-16-12)13(15)19/h5-6,8-9,11H,2-4,7H2,1H3,(H2,15,19)(H,17,18). The van der Waals surface area contributed by atoms with Crippen molar-refractivity contribution in [3.05, 3.63) is 29.6 Å². The molecular formula is C14H19N3OS. The van der Waals surface area contributed by atoms with Gasteiger partial charge in [-0.05, 0) is 30.9 Å². The highest BCUT2D eigenvalue weighted by Gasteiger charge is 2.21. The molecular weight excluding hydrogens is 258 g/mol. The van der Waals surface area contributed by atoms with Gasteiger partial charge >= 0.3 is 0 Å². The number of carbonyl (C=O) groups is 1. The third-order valence-electron chi connectivity index (χ3n) is 3.55. The molecule has 1 aliphatic carbocycles. The van der Waals surface area contributed by atoms with E-state index in [2.05, 4.69) is 17.2 Å². The van der Waals surface area contributed by atoms with Crippen molar-refractivity contribution >= 4 is 23.1 Å². The fourth-order valence-electron chi connectivity index (χ4n) is 2.50. The van der Waals surface area contributed by atoms with E-state index in [1.807, 2.05) is 0 Å². The quantitative estimate of drug-likeness (QED) is 0.830. The van der Waals surface area contributed by atoms with Gasteiger partial charge in [-0.2, -0.15) is 0 Å². The van der Waals surface area contributed by atoms with Gasteiger partial charge in [0.25, 0.3) is 5.91 Å². The van der Waals surface area contributed by atoms with Gasteiger partial charge in [0.15, 0.2) is 0 Å². The Bertz CT molecular complexity index is 472. The molecule has 0 radical (unpaired) electrons. The SMILES string of the molecule is CC1CCCC(NC(=O)c2ccc(C(N)=S)cn2)C1. The summed E-state index contributed by atoms with van der Waals surface area (Å²) in [6.07, 6.45) is 6.09. The van der Waals surface area contributed by atoms with E-state index in [1.54, 1.807) is 18.3 Å². The lowest BCUT2D eigenvalue weighted by Gasteiger charge is -2.27. The van der Waals surface area contributed by atoms with Crippen molar-refractivity contribution in [2.24, 2.45) is 11.7 Å². The topological polar surface area (TPSA) is 68.0 Å².